The zero-order valence-electron chi connectivity index (χ0n) is 23.1. The molecule has 3 N–H and O–H groups in total. The number of carbonyl (C=O) groups is 1. The lowest BCUT2D eigenvalue weighted by atomic mass is 9.92. The minimum Gasteiger partial charge on any atom is -0.493 e. The van der Waals surface area contributed by atoms with E-state index in [1.165, 1.54) is 5.56 Å². The van der Waals surface area contributed by atoms with Crippen molar-refractivity contribution in [3.63, 3.8) is 0 Å². The molecule has 0 aromatic heterocycles. The van der Waals surface area contributed by atoms with Crippen molar-refractivity contribution < 1.29 is 38.0 Å². The van der Waals surface area contributed by atoms with Crippen molar-refractivity contribution in [1.29, 1.82) is 0 Å². The zero-order valence-corrected chi connectivity index (χ0v) is 24.0. The van der Waals surface area contributed by atoms with Gasteiger partial charge in [-0.2, -0.15) is 10.6 Å². The minimum atomic E-state index is -2.38. The molecule has 3 aliphatic rings. The summed E-state index contributed by atoms with van der Waals surface area (Å²) in [5, 5.41) is 9.14. The topological polar surface area (TPSA) is 115 Å². The van der Waals surface area contributed by atoms with Gasteiger partial charge in [0.05, 0.1) is 26.2 Å². The summed E-state index contributed by atoms with van der Waals surface area (Å²) >= 11 is 0. The summed E-state index contributed by atoms with van der Waals surface area (Å²) in [4.78, 5) is 11.1. The number of hydrogen-bond acceptors (Lipinski definition) is 7. The number of ether oxygens (including phenoxy) is 4. The highest BCUT2D eigenvalue weighted by atomic mass is 32.3. The molecule has 0 aliphatic carbocycles. The normalized spacial score (nSPS) is 19.9. The Bertz CT molecular complexity index is 1440. The Morgan fingerprint density at radius 1 is 0.976 bits per heavy atom. The Labute approximate surface area is 241 Å². The Hall–Kier alpha value is -3.40. The van der Waals surface area contributed by atoms with Crippen LogP contribution in [0.3, 0.4) is 0 Å². The first-order valence-electron chi connectivity index (χ1n) is 14.1. The first-order valence-corrected chi connectivity index (χ1v) is 16.0. The van der Waals surface area contributed by atoms with E-state index in [9.17, 15) is 13.9 Å². The molecule has 3 aliphatic heterocycles. The number of carboxylic acid groups (broad SMARTS) is 1. The summed E-state index contributed by atoms with van der Waals surface area (Å²) in [5.41, 5.74) is 6.42. The van der Waals surface area contributed by atoms with E-state index in [1.807, 2.05) is 30.3 Å². The SMILES string of the molecule is Cc1cc(OCC2CCS(O)(O)CC2)cc2c1-c1cc(COc3ccc4c(c3)OC[C@H]4CC(=O)O)ccc1OCC2. The van der Waals surface area contributed by atoms with E-state index in [2.05, 4.69) is 25.1 Å². The van der Waals surface area contributed by atoms with Crippen molar-refractivity contribution in [2.75, 3.05) is 31.3 Å². The molecular weight excluding hydrogens is 544 g/mol. The number of rotatable bonds is 8. The molecule has 0 radical (unpaired) electrons. The van der Waals surface area contributed by atoms with Gasteiger partial charge in [-0.1, -0.05) is 12.1 Å². The molecule has 0 unspecified atom stereocenters. The third kappa shape index (κ3) is 6.27. The van der Waals surface area contributed by atoms with Crippen LogP contribution in [-0.4, -0.2) is 51.5 Å². The molecule has 1 fully saturated rings. The van der Waals surface area contributed by atoms with Crippen LogP contribution in [0.1, 0.15) is 47.4 Å². The van der Waals surface area contributed by atoms with Crippen molar-refractivity contribution in [3.8, 4) is 34.1 Å². The lowest BCUT2D eigenvalue weighted by molar-refractivity contribution is -0.137. The fourth-order valence-corrected chi connectivity index (χ4v) is 7.61. The Morgan fingerprint density at radius 2 is 1.80 bits per heavy atom. The summed E-state index contributed by atoms with van der Waals surface area (Å²) < 4.78 is 43.9. The van der Waals surface area contributed by atoms with E-state index in [0.29, 0.717) is 55.4 Å². The first kappa shape index (κ1) is 27.8. The summed E-state index contributed by atoms with van der Waals surface area (Å²) in [6.45, 7) is 4.00. The lowest BCUT2D eigenvalue weighted by Gasteiger charge is -2.39. The highest BCUT2D eigenvalue weighted by Gasteiger charge is 2.27. The minimum absolute atomic E-state index is 0.0516. The van der Waals surface area contributed by atoms with E-state index < -0.39 is 16.6 Å². The standard InChI is InChI=1S/C32H36O8S/c1-20-12-26(39-17-21-7-10-41(35,36)11-8-21)14-23-6-9-37-29-5-2-22(13-28(29)32(20)23)18-38-25-3-4-27-24(15-31(33)34)19-40-30(27)16-25/h2-5,12-14,16,21,24,35-36H,6-11,15,17-19H2,1H3,(H,33,34)/t24-/m1/s1. The Morgan fingerprint density at radius 3 is 2.61 bits per heavy atom. The van der Waals surface area contributed by atoms with Gasteiger partial charge in [0.2, 0.25) is 0 Å². The number of benzene rings is 3. The maximum atomic E-state index is 11.1. The number of hydrogen-bond donors (Lipinski definition) is 3. The van der Waals surface area contributed by atoms with Gasteiger partial charge in [-0.3, -0.25) is 13.9 Å². The quantitative estimate of drug-likeness (QED) is 0.271. The van der Waals surface area contributed by atoms with Crippen molar-refractivity contribution in [1.82, 2.24) is 0 Å². The number of aryl methyl sites for hydroxylation is 1. The van der Waals surface area contributed by atoms with Gasteiger partial charge in [0.25, 0.3) is 0 Å². The van der Waals surface area contributed by atoms with Crippen LogP contribution in [-0.2, 0) is 17.8 Å². The van der Waals surface area contributed by atoms with E-state index >= 15 is 0 Å². The highest BCUT2D eigenvalue weighted by molar-refractivity contribution is 8.24. The van der Waals surface area contributed by atoms with E-state index in [0.717, 1.165) is 58.6 Å². The third-order valence-electron chi connectivity index (χ3n) is 8.22. The molecule has 3 aromatic carbocycles. The van der Waals surface area contributed by atoms with Gasteiger partial charge >= 0.3 is 5.97 Å². The molecule has 1 atom stereocenters. The van der Waals surface area contributed by atoms with Gasteiger partial charge in [-0.05, 0) is 78.3 Å². The summed E-state index contributed by atoms with van der Waals surface area (Å²) in [5.74, 6) is 3.36. The average molecular weight is 581 g/mol. The summed E-state index contributed by atoms with van der Waals surface area (Å²) in [6.07, 6.45) is 2.39. The first-order chi connectivity index (χ1) is 19.7. The molecule has 0 bridgehead atoms. The molecule has 8 nitrogen and oxygen atoms in total. The maximum absolute atomic E-state index is 11.1. The van der Waals surface area contributed by atoms with Crippen molar-refractivity contribution in [3.05, 3.63) is 70.8 Å². The molecule has 41 heavy (non-hydrogen) atoms. The number of aliphatic carboxylic acids is 1. The molecule has 0 amide bonds. The van der Waals surface area contributed by atoms with Gasteiger partial charge in [-0.25, -0.2) is 0 Å². The van der Waals surface area contributed by atoms with Crippen molar-refractivity contribution in [2.45, 2.75) is 45.1 Å². The second-order valence-electron chi connectivity index (χ2n) is 11.3. The molecule has 6 rings (SSSR count). The van der Waals surface area contributed by atoms with E-state index in [1.54, 1.807) is 0 Å². The molecule has 218 valence electrons. The molecule has 0 saturated carbocycles. The predicted octanol–water partition coefficient (Wildman–Crippen LogP) is 6.67. The fraction of sp³-hybridized carbons (Fsp3) is 0.406. The molecule has 0 spiro atoms. The van der Waals surface area contributed by atoms with Crippen molar-refractivity contribution in [2.24, 2.45) is 5.92 Å². The average Bonchev–Trinajstić information content (AvgIpc) is 3.22. The lowest BCUT2D eigenvalue weighted by Crippen LogP contribution is -2.24. The van der Waals surface area contributed by atoms with Gasteiger partial charge in [0.15, 0.2) is 0 Å². The monoisotopic (exact) mass is 580 g/mol. The maximum Gasteiger partial charge on any atom is 0.304 e. The van der Waals surface area contributed by atoms with Crippen LogP contribution >= 0.6 is 10.6 Å². The third-order valence-corrected chi connectivity index (χ3v) is 10.00. The van der Waals surface area contributed by atoms with Crippen LogP contribution in [0.2, 0.25) is 0 Å². The van der Waals surface area contributed by atoms with Crippen LogP contribution in [0, 0.1) is 12.8 Å². The van der Waals surface area contributed by atoms with Crippen LogP contribution in [0.15, 0.2) is 48.5 Å². The van der Waals surface area contributed by atoms with Gasteiger partial charge < -0.3 is 24.1 Å². The Kier molecular flexibility index (Phi) is 7.76. The summed E-state index contributed by atoms with van der Waals surface area (Å²) in [6, 6.07) is 15.9. The summed E-state index contributed by atoms with van der Waals surface area (Å²) in [7, 11) is -2.38. The van der Waals surface area contributed by atoms with E-state index in [-0.39, 0.29) is 12.3 Å². The molecule has 9 heteroatoms. The number of carboxylic acids is 1. The number of fused-ring (bicyclic) bond motifs is 4. The zero-order chi connectivity index (χ0) is 28.6. The van der Waals surface area contributed by atoms with Crippen molar-refractivity contribution >= 4 is 16.6 Å². The Balaban J connectivity index is 1.16. The van der Waals surface area contributed by atoms with Crippen LogP contribution in [0.5, 0.6) is 23.0 Å². The molecular formula is C32H36O8S. The van der Waals surface area contributed by atoms with Crippen LogP contribution in [0.25, 0.3) is 11.1 Å². The molecule has 3 aromatic rings. The van der Waals surface area contributed by atoms with E-state index in [4.69, 9.17) is 24.1 Å². The fourth-order valence-electron chi connectivity index (χ4n) is 5.98. The van der Waals surface area contributed by atoms with Crippen LogP contribution < -0.4 is 18.9 Å². The predicted molar refractivity (Wildman–Crippen MR) is 158 cm³/mol. The molecule has 3 heterocycles. The van der Waals surface area contributed by atoms with Gasteiger partial charge in [-0.15, -0.1) is 0 Å². The smallest absolute Gasteiger partial charge is 0.304 e. The largest absolute Gasteiger partial charge is 0.493 e. The highest BCUT2D eigenvalue weighted by Crippen LogP contribution is 2.46. The second-order valence-corrected chi connectivity index (χ2v) is 13.7. The van der Waals surface area contributed by atoms with Gasteiger partial charge in [0, 0.05) is 41.0 Å². The second kappa shape index (κ2) is 11.5. The molecule has 1 saturated heterocycles. The van der Waals surface area contributed by atoms with Gasteiger partial charge in [0.1, 0.15) is 29.6 Å². The van der Waals surface area contributed by atoms with Crippen LogP contribution in [0.4, 0.5) is 0 Å².